The summed E-state index contributed by atoms with van der Waals surface area (Å²) in [5.74, 6) is -0.707. The molecule has 0 amide bonds. The summed E-state index contributed by atoms with van der Waals surface area (Å²) < 4.78 is 39.7. The normalized spacial score (nSPS) is 17.9. The van der Waals surface area contributed by atoms with Gasteiger partial charge in [0.1, 0.15) is 11.9 Å². The third-order valence-electron chi connectivity index (χ3n) is 3.70. The van der Waals surface area contributed by atoms with Crippen molar-refractivity contribution >= 4 is 10.0 Å². The fourth-order valence-electron chi connectivity index (χ4n) is 2.36. The van der Waals surface area contributed by atoms with Crippen molar-refractivity contribution in [1.82, 2.24) is 9.21 Å². The van der Waals surface area contributed by atoms with Crippen molar-refractivity contribution in [3.05, 3.63) is 29.6 Å². The lowest BCUT2D eigenvalue weighted by Gasteiger charge is -2.36. The summed E-state index contributed by atoms with van der Waals surface area (Å²) in [7, 11) is -3.67. The molecule has 1 heterocycles. The van der Waals surface area contributed by atoms with Gasteiger partial charge in [0.2, 0.25) is 10.0 Å². The predicted molar refractivity (Wildman–Crippen MR) is 76.6 cm³/mol. The molecule has 0 unspecified atom stereocenters. The number of hydrogen-bond acceptors (Lipinski definition) is 4. The van der Waals surface area contributed by atoms with Gasteiger partial charge in [-0.2, -0.15) is 9.57 Å². The number of benzene rings is 1. The second kappa shape index (κ2) is 6.10. The average Bonchev–Trinajstić information content (AvgIpc) is 2.47. The van der Waals surface area contributed by atoms with Gasteiger partial charge in [-0.25, -0.2) is 12.8 Å². The number of halogens is 1. The number of nitriles is 1. The smallest absolute Gasteiger partial charge is 0.243 e. The molecule has 21 heavy (non-hydrogen) atoms. The van der Waals surface area contributed by atoms with Crippen LogP contribution in [-0.2, 0) is 10.0 Å². The first kappa shape index (κ1) is 15.9. The summed E-state index contributed by atoms with van der Waals surface area (Å²) in [6, 6.07) is 5.38. The van der Waals surface area contributed by atoms with Gasteiger partial charge in [-0.05, 0) is 32.0 Å². The number of nitrogens with zero attached hydrogens (tertiary/aromatic N) is 3. The van der Waals surface area contributed by atoms with Crippen molar-refractivity contribution in [3.63, 3.8) is 0 Å². The van der Waals surface area contributed by atoms with Crippen LogP contribution in [0, 0.1) is 17.1 Å². The molecule has 5 nitrogen and oxygen atoms in total. The lowest BCUT2D eigenvalue weighted by molar-refractivity contribution is 0.154. The molecule has 7 heteroatoms. The van der Waals surface area contributed by atoms with Crippen LogP contribution >= 0.6 is 0 Å². The Hall–Kier alpha value is -1.49. The van der Waals surface area contributed by atoms with Gasteiger partial charge < -0.3 is 0 Å². The van der Waals surface area contributed by atoms with E-state index in [2.05, 4.69) is 18.7 Å². The molecular formula is C14H18FN3O2S. The maximum atomic E-state index is 13.3. The van der Waals surface area contributed by atoms with Crippen molar-refractivity contribution in [3.8, 4) is 6.07 Å². The van der Waals surface area contributed by atoms with Crippen LogP contribution in [-0.4, -0.2) is 49.8 Å². The topological polar surface area (TPSA) is 64.4 Å². The van der Waals surface area contributed by atoms with Crippen molar-refractivity contribution < 1.29 is 12.8 Å². The van der Waals surface area contributed by atoms with Crippen molar-refractivity contribution in [2.75, 3.05) is 26.2 Å². The highest BCUT2D eigenvalue weighted by Crippen LogP contribution is 2.20. The summed E-state index contributed by atoms with van der Waals surface area (Å²) in [6.45, 7) is 6.29. The van der Waals surface area contributed by atoms with E-state index in [9.17, 15) is 12.8 Å². The standard InChI is InChI=1S/C14H18FN3O2S/c1-11(2)17-5-7-18(8-6-17)21(19,20)13-3-4-14(15)12(9-13)10-16/h3-4,9,11H,5-8H2,1-2H3. The van der Waals surface area contributed by atoms with Crippen LogP contribution in [0.1, 0.15) is 19.4 Å². The molecular weight excluding hydrogens is 293 g/mol. The van der Waals surface area contributed by atoms with Gasteiger partial charge in [-0.3, -0.25) is 4.90 Å². The number of sulfonamides is 1. The molecule has 1 aliphatic heterocycles. The van der Waals surface area contributed by atoms with Gasteiger partial charge >= 0.3 is 0 Å². The van der Waals surface area contributed by atoms with Crippen molar-refractivity contribution in [2.45, 2.75) is 24.8 Å². The number of rotatable bonds is 3. The summed E-state index contributed by atoms with van der Waals surface area (Å²) in [6.07, 6.45) is 0. The van der Waals surface area contributed by atoms with Crippen molar-refractivity contribution in [2.24, 2.45) is 0 Å². The van der Waals surface area contributed by atoms with E-state index >= 15 is 0 Å². The Kier molecular flexibility index (Phi) is 4.61. The highest BCUT2D eigenvalue weighted by molar-refractivity contribution is 7.89. The lowest BCUT2D eigenvalue weighted by Crippen LogP contribution is -2.50. The van der Waals surface area contributed by atoms with Crippen LogP contribution in [0.5, 0.6) is 0 Å². The summed E-state index contributed by atoms with van der Waals surface area (Å²) in [5.41, 5.74) is -0.253. The molecule has 0 spiro atoms. The van der Waals surface area contributed by atoms with E-state index in [4.69, 9.17) is 5.26 Å². The van der Waals surface area contributed by atoms with Gasteiger partial charge in [0, 0.05) is 32.2 Å². The molecule has 1 saturated heterocycles. The monoisotopic (exact) mass is 311 g/mol. The van der Waals surface area contributed by atoms with Crippen LogP contribution in [0.4, 0.5) is 4.39 Å². The van der Waals surface area contributed by atoms with Crippen LogP contribution < -0.4 is 0 Å². The van der Waals surface area contributed by atoms with E-state index < -0.39 is 15.8 Å². The molecule has 2 rings (SSSR count). The minimum Gasteiger partial charge on any atom is -0.298 e. The van der Waals surface area contributed by atoms with Crippen LogP contribution in [0.2, 0.25) is 0 Å². The first-order valence-electron chi connectivity index (χ1n) is 6.80. The Labute approximate surface area is 124 Å². The lowest BCUT2D eigenvalue weighted by atomic mass is 10.2. The molecule has 0 radical (unpaired) electrons. The van der Waals surface area contributed by atoms with Gasteiger partial charge in [-0.1, -0.05) is 0 Å². The largest absolute Gasteiger partial charge is 0.298 e. The van der Waals surface area contributed by atoms with Crippen LogP contribution in [0.15, 0.2) is 23.1 Å². The zero-order valence-electron chi connectivity index (χ0n) is 12.1. The second-order valence-electron chi connectivity index (χ2n) is 5.29. The molecule has 1 fully saturated rings. The molecule has 1 aliphatic rings. The fourth-order valence-corrected chi connectivity index (χ4v) is 3.81. The van der Waals surface area contributed by atoms with Crippen LogP contribution in [0.25, 0.3) is 0 Å². The Morgan fingerprint density at radius 2 is 1.86 bits per heavy atom. The van der Waals surface area contributed by atoms with Gasteiger partial charge in [-0.15, -0.1) is 0 Å². The Balaban J connectivity index is 2.22. The highest BCUT2D eigenvalue weighted by Gasteiger charge is 2.29. The summed E-state index contributed by atoms with van der Waals surface area (Å²) in [5, 5.41) is 8.81. The Morgan fingerprint density at radius 1 is 1.24 bits per heavy atom. The molecule has 0 atom stereocenters. The molecule has 1 aromatic rings. The minimum atomic E-state index is -3.67. The van der Waals surface area contributed by atoms with E-state index in [0.717, 1.165) is 12.1 Å². The quantitative estimate of drug-likeness (QED) is 0.847. The van der Waals surface area contributed by atoms with Crippen molar-refractivity contribution in [1.29, 1.82) is 5.26 Å². The SMILES string of the molecule is CC(C)N1CCN(S(=O)(=O)c2ccc(F)c(C#N)c2)CC1. The molecule has 0 bridgehead atoms. The molecule has 0 aromatic heterocycles. The Bertz CT molecular complexity index is 659. The number of hydrogen-bond donors (Lipinski definition) is 0. The third kappa shape index (κ3) is 3.23. The summed E-state index contributed by atoms with van der Waals surface area (Å²) in [4.78, 5) is 2.18. The third-order valence-corrected chi connectivity index (χ3v) is 5.59. The van der Waals surface area contributed by atoms with Crippen LogP contribution in [0.3, 0.4) is 0 Å². The molecule has 0 saturated carbocycles. The van der Waals surface area contributed by atoms with Gasteiger partial charge in [0.15, 0.2) is 0 Å². The minimum absolute atomic E-state index is 0.0292. The first-order chi connectivity index (χ1) is 9.86. The van der Waals surface area contributed by atoms with Gasteiger partial charge in [0.05, 0.1) is 10.5 Å². The van der Waals surface area contributed by atoms with E-state index in [-0.39, 0.29) is 10.5 Å². The second-order valence-corrected chi connectivity index (χ2v) is 7.23. The maximum Gasteiger partial charge on any atom is 0.243 e. The molecule has 1 aromatic carbocycles. The molecule has 0 N–H and O–H groups in total. The zero-order chi connectivity index (χ0) is 15.6. The summed E-state index contributed by atoms with van der Waals surface area (Å²) >= 11 is 0. The predicted octanol–water partition coefficient (Wildman–Crippen LogP) is 1.41. The van der Waals surface area contributed by atoms with E-state index in [1.54, 1.807) is 6.07 Å². The maximum absolute atomic E-state index is 13.3. The first-order valence-corrected chi connectivity index (χ1v) is 8.24. The number of piperazine rings is 1. The molecule has 114 valence electrons. The average molecular weight is 311 g/mol. The van der Waals surface area contributed by atoms with E-state index in [0.29, 0.717) is 32.2 Å². The van der Waals surface area contributed by atoms with Gasteiger partial charge in [0.25, 0.3) is 0 Å². The molecule has 0 aliphatic carbocycles. The highest BCUT2D eigenvalue weighted by atomic mass is 32.2. The zero-order valence-corrected chi connectivity index (χ0v) is 12.9. The Morgan fingerprint density at radius 3 is 2.38 bits per heavy atom. The van der Waals surface area contributed by atoms with E-state index in [1.165, 1.54) is 10.4 Å². The van der Waals surface area contributed by atoms with E-state index in [1.807, 2.05) is 0 Å². The fraction of sp³-hybridized carbons (Fsp3) is 0.500.